The fourth-order valence-electron chi connectivity index (χ4n) is 1.45. The van der Waals surface area contributed by atoms with Gasteiger partial charge in [0.25, 0.3) is 0 Å². The highest BCUT2D eigenvalue weighted by Crippen LogP contribution is 2.23. The van der Waals surface area contributed by atoms with Crippen LogP contribution in [0.5, 0.6) is 0 Å². The maximum Gasteiger partial charge on any atom is 0.234 e. The number of hydrogen-bond donors (Lipinski definition) is 1. The van der Waals surface area contributed by atoms with E-state index < -0.39 is 0 Å². The van der Waals surface area contributed by atoms with Crippen LogP contribution in [0.1, 0.15) is 11.3 Å². The van der Waals surface area contributed by atoms with E-state index in [0.29, 0.717) is 5.75 Å². The van der Waals surface area contributed by atoms with Crippen LogP contribution in [0, 0.1) is 13.8 Å². The molecule has 0 aliphatic heterocycles. The zero-order valence-electron chi connectivity index (χ0n) is 10.6. The standard InChI is InChI=1S/C13H13BrN2OS2/c1-8-5-10(3-4-11(8)14)16-12(17)7-19-13-15-9(2)6-18-13/h3-6H,7H2,1-2H3,(H,16,17). The summed E-state index contributed by atoms with van der Waals surface area (Å²) >= 11 is 6.47. The normalized spacial score (nSPS) is 10.5. The van der Waals surface area contributed by atoms with Crippen molar-refractivity contribution in [1.29, 1.82) is 0 Å². The summed E-state index contributed by atoms with van der Waals surface area (Å²) in [6.07, 6.45) is 0. The third-order valence-electron chi connectivity index (χ3n) is 2.37. The van der Waals surface area contributed by atoms with Gasteiger partial charge < -0.3 is 5.32 Å². The molecule has 0 unspecified atom stereocenters. The minimum Gasteiger partial charge on any atom is -0.325 e. The van der Waals surface area contributed by atoms with Gasteiger partial charge in [0.15, 0.2) is 4.34 Å². The number of carbonyl (C=O) groups excluding carboxylic acids is 1. The summed E-state index contributed by atoms with van der Waals surface area (Å²) in [5.74, 6) is 0.363. The van der Waals surface area contributed by atoms with Gasteiger partial charge in [-0.15, -0.1) is 11.3 Å². The first-order chi connectivity index (χ1) is 9.04. The number of hydrogen-bond acceptors (Lipinski definition) is 4. The first kappa shape index (κ1) is 14.6. The second-order valence-corrected chi connectivity index (χ2v) is 6.99. The molecule has 1 aromatic carbocycles. The van der Waals surface area contributed by atoms with E-state index in [0.717, 1.165) is 25.8 Å². The molecule has 6 heteroatoms. The van der Waals surface area contributed by atoms with Crippen molar-refractivity contribution in [1.82, 2.24) is 4.98 Å². The Bertz CT molecular complexity index is 598. The van der Waals surface area contributed by atoms with Crippen molar-refractivity contribution in [2.24, 2.45) is 0 Å². The monoisotopic (exact) mass is 356 g/mol. The van der Waals surface area contributed by atoms with E-state index in [4.69, 9.17) is 0 Å². The van der Waals surface area contributed by atoms with E-state index in [-0.39, 0.29) is 5.91 Å². The molecule has 1 aromatic heterocycles. The lowest BCUT2D eigenvalue weighted by atomic mass is 10.2. The highest BCUT2D eigenvalue weighted by atomic mass is 79.9. The van der Waals surface area contributed by atoms with Crippen molar-refractivity contribution in [2.75, 3.05) is 11.1 Å². The molecule has 19 heavy (non-hydrogen) atoms. The van der Waals surface area contributed by atoms with Crippen molar-refractivity contribution in [3.8, 4) is 0 Å². The summed E-state index contributed by atoms with van der Waals surface area (Å²) in [6, 6.07) is 5.76. The molecule has 0 fully saturated rings. The Morgan fingerprint density at radius 1 is 1.47 bits per heavy atom. The lowest BCUT2D eigenvalue weighted by Crippen LogP contribution is -2.14. The Kier molecular flexibility index (Phi) is 5.01. The number of amides is 1. The van der Waals surface area contributed by atoms with Gasteiger partial charge in [-0.1, -0.05) is 27.7 Å². The summed E-state index contributed by atoms with van der Waals surface area (Å²) in [4.78, 5) is 16.1. The number of aryl methyl sites for hydroxylation is 2. The van der Waals surface area contributed by atoms with Crippen molar-refractivity contribution < 1.29 is 4.79 Å². The summed E-state index contributed by atoms with van der Waals surface area (Å²) < 4.78 is 1.97. The number of nitrogens with one attached hydrogen (secondary N) is 1. The van der Waals surface area contributed by atoms with E-state index in [1.54, 1.807) is 11.3 Å². The number of halogens is 1. The molecule has 1 N–H and O–H groups in total. The van der Waals surface area contributed by atoms with E-state index in [1.165, 1.54) is 11.8 Å². The fourth-order valence-corrected chi connectivity index (χ4v) is 3.34. The smallest absolute Gasteiger partial charge is 0.234 e. The van der Waals surface area contributed by atoms with Crippen molar-refractivity contribution in [3.05, 3.63) is 39.3 Å². The van der Waals surface area contributed by atoms with Gasteiger partial charge in [-0.05, 0) is 37.6 Å². The SMILES string of the molecule is Cc1csc(SCC(=O)Nc2ccc(Br)c(C)c2)n1. The molecular formula is C13H13BrN2OS2. The summed E-state index contributed by atoms with van der Waals surface area (Å²) in [5, 5.41) is 4.87. The Labute approximate surface area is 129 Å². The lowest BCUT2D eigenvalue weighted by molar-refractivity contribution is -0.113. The van der Waals surface area contributed by atoms with Crippen molar-refractivity contribution in [2.45, 2.75) is 18.2 Å². The van der Waals surface area contributed by atoms with E-state index >= 15 is 0 Å². The van der Waals surface area contributed by atoms with Crippen molar-refractivity contribution >= 4 is 50.6 Å². The molecule has 2 aromatic rings. The second kappa shape index (κ2) is 6.54. The number of benzene rings is 1. The molecule has 3 nitrogen and oxygen atoms in total. The number of anilines is 1. The molecule has 0 spiro atoms. The molecule has 0 atom stereocenters. The third-order valence-corrected chi connectivity index (χ3v) is 5.40. The van der Waals surface area contributed by atoms with Crippen LogP contribution < -0.4 is 5.32 Å². The quantitative estimate of drug-likeness (QED) is 0.832. The third kappa shape index (κ3) is 4.33. The van der Waals surface area contributed by atoms with Crippen LogP contribution in [0.15, 0.2) is 32.4 Å². The maximum atomic E-state index is 11.8. The van der Waals surface area contributed by atoms with Gasteiger partial charge in [-0.3, -0.25) is 4.79 Å². The summed E-state index contributed by atoms with van der Waals surface area (Å²) in [5.41, 5.74) is 2.92. The molecule has 100 valence electrons. The van der Waals surface area contributed by atoms with Crippen molar-refractivity contribution in [3.63, 3.8) is 0 Å². The summed E-state index contributed by atoms with van der Waals surface area (Å²) in [7, 11) is 0. The van der Waals surface area contributed by atoms with Gasteiger partial charge in [0.1, 0.15) is 0 Å². The Morgan fingerprint density at radius 2 is 2.26 bits per heavy atom. The van der Waals surface area contributed by atoms with E-state index in [1.807, 2.05) is 37.4 Å². The number of thioether (sulfide) groups is 1. The Balaban J connectivity index is 1.88. The molecule has 0 saturated carbocycles. The highest BCUT2D eigenvalue weighted by molar-refractivity contribution is 9.10. The van der Waals surface area contributed by atoms with Crippen LogP contribution >= 0.6 is 39.0 Å². The zero-order valence-corrected chi connectivity index (χ0v) is 13.8. The predicted molar refractivity (Wildman–Crippen MR) is 85.1 cm³/mol. The first-order valence-electron chi connectivity index (χ1n) is 5.65. The maximum absolute atomic E-state index is 11.8. The molecule has 1 heterocycles. The van der Waals surface area contributed by atoms with E-state index in [9.17, 15) is 4.79 Å². The highest BCUT2D eigenvalue weighted by Gasteiger charge is 2.06. The van der Waals surface area contributed by atoms with Crippen LogP contribution in [0.4, 0.5) is 5.69 Å². The minimum absolute atomic E-state index is 0.0143. The number of nitrogens with zero attached hydrogens (tertiary/aromatic N) is 1. The topological polar surface area (TPSA) is 42.0 Å². The van der Waals surface area contributed by atoms with Gasteiger partial charge in [0.2, 0.25) is 5.91 Å². The number of aromatic nitrogens is 1. The summed E-state index contributed by atoms with van der Waals surface area (Å²) in [6.45, 7) is 3.94. The largest absolute Gasteiger partial charge is 0.325 e. The molecule has 2 rings (SSSR count). The second-order valence-electron chi connectivity index (χ2n) is 4.06. The van der Waals surface area contributed by atoms with Gasteiger partial charge in [0.05, 0.1) is 5.75 Å². The van der Waals surface area contributed by atoms with Crippen LogP contribution in [0.3, 0.4) is 0 Å². The van der Waals surface area contributed by atoms with Crippen LogP contribution in [-0.4, -0.2) is 16.6 Å². The predicted octanol–water partition coefficient (Wildman–Crippen LogP) is 4.25. The number of rotatable bonds is 4. The Hall–Kier alpha value is -0.850. The average Bonchev–Trinajstić information content (AvgIpc) is 2.77. The van der Waals surface area contributed by atoms with E-state index in [2.05, 4.69) is 26.2 Å². The van der Waals surface area contributed by atoms with Gasteiger partial charge >= 0.3 is 0 Å². The van der Waals surface area contributed by atoms with Crippen LogP contribution in [-0.2, 0) is 4.79 Å². The molecule has 0 radical (unpaired) electrons. The first-order valence-corrected chi connectivity index (χ1v) is 8.31. The average molecular weight is 357 g/mol. The van der Waals surface area contributed by atoms with Gasteiger partial charge in [-0.2, -0.15) is 0 Å². The lowest BCUT2D eigenvalue weighted by Gasteiger charge is -2.06. The fraction of sp³-hybridized carbons (Fsp3) is 0.231. The molecule has 0 saturated heterocycles. The Morgan fingerprint density at radius 3 is 2.89 bits per heavy atom. The number of carbonyl (C=O) groups is 1. The molecular weight excluding hydrogens is 344 g/mol. The van der Waals surface area contributed by atoms with Crippen LogP contribution in [0.25, 0.3) is 0 Å². The van der Waals surface area contributed by atoms with Gasteiger partial charge in [-0.25, -0.2) is 4.98 Å². The molecule has 0 aliphatic rings. The zero-order chi connectivity index (χ0) is 13.8. The van der Waals surface area contributed by atoms with Crippen LogP contribution in [0.2, 0.25) is 0 Å². The molecule has 1 amide bonds. The molecule has 0 aliphatic carbocycles. The molecule has 0 bridgehead atoms. The number of thiazole rings is 1. The van der Waals surface area contributed by atoms with Gasteiger partial charge in [0, 0.05) is 21.2 Å². The minimum atomic E-state index is -0.0143.